The van der Waals surface area contributed by atoms with Crippen molar-refractivity contribution < 1.29 is 19.4 Å². The number of hydrogen-bond donors (Lipinski definition) is 1. The molecule has 0 bridgehead atoms. The maximum atomic E-state index is 10.3. The Balaban J connectivity index is 0. The molecule has 4 heteroatoms. The highest BCUT2D eigenvalue weighted by Crippen LogP contribution is 1.94. The zero-order valence-corrected chi connectivity index (χ0v) is 6.87. The maximum Gasteiger partial charge on any atom is 0.305 e. The number of rotatable bonds is 3. The second kappa shape index (κ2) is 11.7. The number of unbranched alkanes of at least 4 members (excludes halogenated alkanes) is 1. The molecule has 0 aliphatic heterocycles. The van der Waals surface area contributed by atoms with Crippen molar-refractivity contribution in [3.8, 4) is 0 Å². The summed E-state index contributed by atoms with van der Waals surface area (Å²) in [5.74, 6) is -0.105. The predicted molar refractivity (Wildman–Crippen MR) is 40.2 cm³/mol. The molecule has 0 aliphatic carbocycles. The van der Waals surface area contributed by atoms with E-state index >= 15 is 0 Å². The van der Waals surface area contributed by atoms with Gasteiger partial charge in [0.1, 0.15) is 0 Å². The van der Waals surface area contributed by atoms with E-state index in [0.717, 1.165) is 12.8 Å². The van der Waals surface area contributed by atoms with Gasteiger partial charge in [0, 0.05) is 6.42 Å². The van der Waals surface area contributed by atoms with Gasteiger partial charge in [0.2, 0.25) is 0 Å². The summed E-state index contributed by atoms with van der Waals surface area (Å²) in [5, 5.41) is 6.89. The van der Waals surface area contributed by atoms with Crippen LogP contribution in [0.3, 0.4) is 0 Å². The molecule has 0 amide bonds. The molecule has 0 aromatic carbocycles. The Bertz CT molecular complexity index is 101. The molecule has 11 heavy (non-hydrogen) atoms. The summed E-state index contributed by atoms with van der Waals surface area (Å²) >= 11 is 0. The summed E-state index contributed by atoms with van der Waals surface area (Å²) in [6, 6.07) is 0. The fourth-order valence-electron chi connectivity index (χ4n) is 0.423. The summed E-state index contributed by atoms with van der Waals surface area (Å²) in [6.07, 6.45) is 2.55. The van der Waals surface area contributed by atoms with Crippen molar-refractivity contribution in [1.29, 1.82) is 0 Å². The van der Waals surface area contributed by atoms with Gasteiger partial charge in [0.15, 0.2) is 0 Å². The quantitative estimate of drug-likeness (QED) is 0.497. The van der Waals surface area contributed by atoms with E-state index in [4.69, 9.17) is 9.90 Å². The molecule has 1 N–H and O–H groups in total. The summed E-state index contributed by atoms with van der Waals surface area (Å²) < 4.78 is 4.41. The molecule has 0 aromatic heterocycles. The minimum atomic E-state index is -0.250. The van der Waals surface area contributed by atoms with Crippen LogP contribution in [0.25, 0.3) is 0 Å². The van der Waals surface area contributed by atoms with E-state index in [1.165, 1.54) is 7.11 Å². The molecular formula is C7H14O4. The van der Waals surface area contributed by atoms with Crippen molar-refractivity contribution >= 4 is 12.4 Å². The highest BCUT2D eigenvalue weighted by atomic mass is 16.5. The minimum Gasteiger partial charge on any atom is -0.483 e. The number of hydrogen-bond acceptors (Lipinski definition) is 3. The van der Waals surface area contributed by atoms with E-state index in [-0.39, 0.29) is 12.4 Å². The molecule has 0 rings (SSSR count). The van der Waals surface area contributed by atoms with Gasteiger partial charge >= 0.3 is 5.97 Å². The first-order valence-electron chi connectivity index (χ1n) is 3.37. The van der Waals surface area contributed by atoms with Crippen LogP contribution in [0, 0.1) is 0 Å². The fourth-order valence-corrected chi connectivity index (χ4v) is 0.423. The molecular weight excluding hydrogens is 148 g/mol. The van der Waals surface area contributed by atoms with E-state index < -0.39 is 0 Å². The van der Waals surface area contributed by atoms with E-state index in [1.54, 1.807) is 0 Å². The van der Waals surface area contributed by atoms with Crippen LogP contribution in [0.4, 0.5) is 0 Å². The van der Waals surface area contributed by atoms with Gasteiger partial charge in [-0.3, -0.25) is 9.59 Å². The molecule has 4 nitrogen and oxygen atoms in total. The van der Waals surface area contributed by atoms with Crippen LogP contribution in [0.2, 0.25) is 0 Å². The third kappa shape index (κ3) is 17.6. The van der Waals surface area contributed by atoms with Crippen LogP contribution in [-0.2, 0) is 14.3 Å². The third-order valence-corrected chi connectivity index (χ3v) is 0.962. The zero-order chi connectivity index (χ0) is 9.11. The maximum absolute atomic E-state index is 10.3. The van der Waals surface area contributed by atoms with Crippen LogP contribution >= 0.6 is 0 Å². The van der Waals surface area contributed by atoms with Gasteiger partial charge in [-0.2, -0.15) is 0 Å². The lowest BCUT2D eigenvalue weighted by Gasteiger charge is -1.93. The summed E-state index contributed by atoms with van der Waals surface area (Å²) in [7, 11) is 1.41. The Morgan fingerprint density at radius 2 is 2.09 bits per heavy atom. The number of esters is 1. The van der Waals surface area contributed by atoms with E-state index in [1.807, 2.05) is 6.92 Å². The second-order valence-electron chi connectivity index (χ2n) is 1.79. The molecule has 0 radical (unpaired) electrons. The molecule has 0 spiro atoms. The van der Waals surface area contributed by atoms with Crippen LogP contribution in [0.1, 0.15) is 26.2 Å². The Morgan fingerprint density at radius 1 is 1.64 bits per heavy atom. The Morgan fingerprint density at radius 3 is 2.36 bits per heavy atom. The third-order valence-electron chi connectivity index (χ3n) is 0.962. The van der Waals surface area contributed by atoms with Crippen LogP contribution in [-0.4, -0.2) is 24.7 Å². The van der Waals surface area contributed by atoms with Crippen LogP contribution in [0.15, 0.2) is 0 Å². The van der Waals surface area contributed by atoms with Crippen LogP contribution in [0.5, 0.6) is 0 Å². The fraction of sp³-hybridized carbons (Fsp3) is 0.714. The SMILES string of the molecule is CCCCC(=O)OC.O=CO. The van der Waals surface area contributed by atoms with Gasteiger partial charge in [0.25, 0.3) is 6.47 Å². The van der Waals surface area contributed by atoms with Gasteiger partial charge in [-0.25, -0.2) is 0 Å². The molecule has 0 heterocycles. The number of methoxy groups -OCH3 is 1. The highest BCUT2D eigenvalue weighted by molar-refractivity contribution is 5.68. The van der Waals surface area contributed by atoms with Crippen molar-refractivity contribution in [2.45, 2.75) is 26.2 Å². The van der Waals surface area contributed by atoms with Crippen molar-refractivity contribution in [3.05, 3.63) is 0 Å². The molecule has 0 saturated carbocycles. The molecule has 0 fully saturated rings. The summed E-state index contributed by atoms with van der Waals surface area (Å²) in [5.41, 5.74) is 0. The lowest BCUT2D eigenvalue weighted by Crippen LogP contribution is -1.98. The summed E-state index contributed by atoms with van der Waals surface area (Å²) in [4.78, 5) is 18.7. The van der Waals surface area contributed by atoms with Crippen molar-refractivity contribution in [1.82, 2.24) is 0 Å². The molecule has 0 aromatic rings. The Hall–Kier alpha value is -1.06. The van der Waals surface area contributed by atoms with E-state index in [2.05, 4.69) is 4.74 Å². The lowest BCUT2D eigenvalue weighted by atomic mass is 10.3. The topological polar surface area (TPSA) is 63.6 Å². The predicted octanol–water partition coefficient (Wildman–Crippen LogP) is 1.05. The van der Waals surface area contributed by atoms with E-state index in [9.17, 15) is 4.79 Å². The van der Waals surface area contributed by atoms with Gasteiger partial charge < -0.3 is 9.84 Å². The van der Waals surface area contributed by atoms with Crippen molar-refractivity contribution in [3.63, 3.8) is 0 Å². The van der Waals surface area contributed by atoms with Crippen molar-refractivity contribution in [2.24, 2.45) is 0 Å². The average molecular weight is 162 g/mol. The number of carbonyl (C=O) groups excluding carboxylic acids is 1. The first-order valence-corrected chi connectivity index (χ1v) is 3.37. The van der Waals surface area contributed by atoms with Gasteiger partial charge in [-0.1, -0.05) is 13.3 Å². The molecule has 0 aliphatic rings. The monoisotopic (exact) mass is 162 g/mol. The largest absolute Gasteiger partial charge is 0.483 e. The van der Waals surface area contributed by atoms with E-state index in [0.29, 0.717) is 6.42 Å². The number of carbonyl (C=O) groups is 2. The molecule has 0 saturated heterocycles. The van der Waals surface area contributed by atoms with Crippen molar-refractivity contribution in [2.75, 3.05) is 7.11 Å². The average Bonchev–Trinajstić information content (AvgIpc) is 2.02. The Labute approximate surface area is 66.2 Å². The molecule has 0 atom stereocenters. The van der Waals surface area contributed by atoms with Gasteiger partial charge in [-0.15, -0.1) is 0 Å². The first-order chi connectivity index (χ1) is 5.22. The van der Waals surface area contributed by atoms with Gasteiger partial charge in [0.05, 0.1) is 7.11 Å². The highest BCUT2D eigenvalue weighted by Gasteiger charge is 1.95. The van der Waals surface area contributed by atoms with Crippen LogP contribution < -0.4 is 0 Å². The smallest absolute Gasteiger partial charge is 0.305 e. The standard InChI is InChI=1S/C6H12O2.CH2O2/c1-3-4-5-6(7)8-2;2-1-3/h3-5H2,1-2H3;1H,(H,2,3). The second-order valence-corrected chi connectivity index (χ2v) is 1.79. The minimum absolute atomic E-state index is 0.105. The first kappa shape index (κ1) is 12.6. The lowest BCUT2D eigenvalue weighted by molar-refractivity contribution is -0.140. The molecule has 66 valence electrons. The Kier molecular flexibility index (Phi) is 13.4. The molecule has 0 unspecified atom stereocenters. The zero-order valence-electron chi connectivity index (χ0n) is 6.87. The summed E-state index contributed by atoms with van der Waals surface area (Å²) in [6.45, 7) is 1.79. The normalized spacial score (nSPS) is 7.45. The number of ether oxygens (including phenoxy) is 1. The number of carboxylic acid groups (broad SMARTS) is 1. The van der Waals surface area contributed by atoms with Gasteiger partial charge in [-0.05, 0) is 6.42 Å².